The van der Waals surface area contributed by atoms with Crippen LogP contribution < -0.4 is 5.73 Å². The number of anilines is 1. The number of rotatable bonds is 2. The molecule has 0 saturated carbocycles. The first-order chi connectivity index (χ1) is 6.83. The molecule has 72 valence electrons. The summed E-state index contributed by atoms with van der Waals surface area (Å²) in [5.74, 6) is 0.511. The van der Waals surface area contributed by atoms with Gasteiger partial charge in [-0.05, 0) is 18.6 Å². The highest BCUT2D eigenvalue weighted by atomic mass is 15.4. The number of para-hydroxylation sites is 1. The van der Waals surface area contributed by atoms with Gasteiger partial charge in [0.15, 0.2) is 5.82 Å². The number of nitrogens with zero attached hydrogens (tertiary/aromatic N) is 3. The molecule has 1 aromatic carbocycles. The average Bonchev–Trinajstić information content (AvgIpc) is 2.61. The van der Waals surface area contributed by atoms with Gasteiger partial charge in [-0.15, -0.1) is 5.10 Å². The molecule has 4 nitrogen and oxygen atoms in total. The third-order valence-corrected chi connectivity index (χ3v) is 2.13. The van der Waals surface area contributed by atoms with Crippen molar-refractivity contribution in [2.75, 3.05) is 5.73 Å². The molecule has 4 heteroatoms. The van der Waals surface area contributed by atoms with Crippen LogP contribution >= 0.6 is 0 Å². The van der Waals surface area contributed by atoms with Crippen LogP contribution in [0.1, 0.15) is 12.6 Å². The number of hydrogen-bond donors (Lipinski definition) is 1. The van der Waals surface area contributed by atoms with Crippen molar-refractivity contribution in [2.45, 2.75) is 13.3 Å². The molecule has 0 fully saturated rings. The third-order valence-electron chi connectivity index (χ3n) is 2.13. The minimum Gasteiger partial charge on any atom is -0.381 e. The Morgan fingerprint density at radius 3 is 2.64 bits per heavy atom. The van der Waals surface area contributed by atoms with E-state index in [1.54, 1.807) is 4.68 Å². The van der Waals surface area contributed by atoms with E-state index in [2.05, 4.69) is 10.3 Å². The van der Waals surface area contributed by atoms with Gasteiger partial charge in [0.2, 0.25) is 0 Å². The van der Waals surface area contributed by atoms with Crippen LogP contribution in [0.3, 0.4) is 0 Å². The van der Waals surface area contributed by atoms with Gasteiger partial charge in [0.1, 0.15) is 0 Å². The smallest absolute Gasteiger partial charge is 0.169 e. The maximum absolute atomic E-state index is 5.69. The molecule has 0 aliphatic heterocycles. The SMILES string of the molecule is CCc1c(N)nnn1-c1ccccc1. The maximum Gasteiger partial charge on any atom is 0.169 e. The molecule has 0 atom stereocenters. The standard InChI is InChI=1S/C10H12N4/c1-2-9-10(11)12-13-14(9)8-6-4-3-5-7-8/h3-7H,2,11H2,1H3. The highest BCUT2D eigenvalue weighted by Gasteiger charge is 2.08. The summed E-state index contributed by atoms with van der Waals surface area (Å²) in [6.07, 6.45) is 0.827. The second kappa shape index (κ2) is 3.49. The minimum atomic E-state index is 0.511. The van der Waals surface area contributed by atoms with E-state index in [4.69, 9.17) is 5.73 Å². The minimum absolute atomic E-state index is 0.511. The molecular formula is C10H12N4. The van der Waals surface area contributed by atoms with Crippen molar-refractivity contribution in [3.63, 3.8) is 0 Å². The predicted octanol–water partition coefficient (Wildman–Crippen LogP) is 1.41. The lowest BCUT2D eigenvalue weighted by Gasteiger charge is -2.03. The maximum atomic E-state index is 5.69. The van der Waals surface area contributed by atoms with Crippen LogP contribution in [0.25, 0.3) is 5.69 Å². The lowest BCUT2D eigenvalue weighted by atomic mass is 10.3. The molecule has 0 saturated heterocycles. The van der Waals surface area contributed by atoms with E-state index in [0.29, 0.717) is 5.82 Å². The molecular weight excluding hydrogens is 176 g/mol. The summed E-state index contributed by atoms with van der Waals surface area (Å²) >= 11 is 0. The molecule has 2 aromatic rings. The van der Waals surface area contributed by atoms with Crippen molar-refractivity contribution in [1.29, 1.82) is 0 Å². The van der Waals surface area contributed by atoms with E-state index in [9.17, 15) is 0 Å². The van der Waals surface area contributed by atoms with Crippen LogP contribution in [0.4, 0.5) is 5.82 Å². The van der Waals surface area contributed by atoms with Crippen molar-refractivity contribution in [2.24, 2.45) is 0 Å². The normalized spacial score (nSPS) is 10.4. The van der Waals surface area contributed by atoms with Gasteiger partial charge in [0.05, 0.1) is 11.4 Å². The summed E-state index contributed by atoms with van der Waals surface area (Å²) in [6.45, 7) is 2.04. The molecule has 0 bridgehead atoms. The molecule has 1 heterocycles. The fourth-order valence-corrected chi connectivity index (χ4v) is 1.42. The van der Waals surface area contributed by atoms with Crippen molar-refractivity contribution in [1.82, 2.24) is 15.0 Å². The van der Waals surface area contributed by atoms with Gasteiger partial charge in [-0.1, -0.05) is 30.3 Å². The zero-order valence-corrected chi connectivity index (χ0v) is 8.01. The summed E-state index contributed by atoms with van der Waals surface area (Å²) < 4.78 is 1.77. The first-order valence-electron chi connectivity index (χ1n) is 4.58. The average molecular weight is 188 g/mol. The first-order valence-corrected chi connectivity index (χ1v) is 4.58. The van der Waals surface area contributed by atoms with E-state index in [-0.39, 0.29) is 0 Å². The lowest BCUT2D eigenvalue weighted by molar-refractivity contribution is 0.767. The van der Waals surface area contributed by atoms with E-state index < -0.39 is 0 Å². The molecule has 14 heavy (non-hydrogen) atoms. The zero-order valence-electron chi connectivity index (χ0n) is 8.01. The Morgan fingerprint density at radius 1 is 1.29 bits per heavy atom. The Morgan fingerprint density at radius 2 is 2.00 bits per heavy atom. The number of nitrogen functional groups attached to an aromatic ring is 1. The van der Waals surface area contributed by atoms with Crippen molar-refractivity contribution >= 4 is 5.82 Å². The second-order valence-corrected chi connectivity index (χ2v) is 3.02. The van der Waals surface area contributed by atoms with Gasteiger partial charge in [-0.2, -0.15) is 0 Å². The summed E-state index contributed by atoms with van der Waals surface area (Å²) in [5, 5.41) is 7.85. The van der Waals surface area contributed by atoms with Gasteiger partial charge in [-0.3, -0.25) is 0 Å². The molecule has 1 aromatic heterocycles. The van der Waals surface area contributed by atoms with E-state index >= 15 is 0 Å². The Kier molecular flexibility index (Phi) is 2.18. The Bertz CT molecular complexity index is 419. The third kappa shape index (κ3) is 1.35. The highest BCUT2D eigenvalue weighted by Crippen LogP contribution is 2.13. The van der Waals surface area contributed by atoms with Gasteiger partial charge < -0.3 is 5.73 Å². The molecule has 0 aliphatic carbocycles. The summed E-state index contributed by atoms with van der Waals surface area (Å²) in [5.41, 5.74) is 7.64. The molecule has 0 unspecified atom stereocenters. The fraction of sp³-hybridized carbons (Fsp3) is 0.200. The van der Waals surface area contributed by atoms with Gasteiger partial charge in [0, 0.05) is 0 Å². The van der Waals surface area contributed by atoms with Crippen LogP contribution in [0.15, 0.2) is 30.3 Å². The Balaban J connectivity index is 2.52. The first kappa shape index (κ1) is 8.74. The molecule has 2 N–H and O–H groups in total. The number of aromatic nitrogens is 3. The number of nitrogens with two attached hydrogens (primary N) is 1. The largest absolute Gasteiger partial charge is 0.381 e. The quantitative estimate of drug-likeness (QED) is 0.775. The van der Waals surface area contributed by atoms with E-state index in [0.717, 1.165) is 17.8 Å². The Labute approximate surface area is 82.4 Å². The van der Waals surface area contributed by atoms with Crippen LogP contribution in [0, 0.1) is 0 Å². The van der Waals surface area contributed by atoms with E-state index in [1.807, 2.05) is 37.3 Å². The Hall–Kier alpha value is -1.84. The zero-order chi connectivity index (χ0) is 9.97. The molecule has 0 aliphatic rings. The van der Waals surface area contributed by atoms with Crippen molar-refractivity contribution in [3.05, 3.63) is 36.0 Å². The van der Waals surface area contributed by atoms with Crippen LogP contribution in [0.2, 0.25) is 0 Å². The van der Waals surface area contributed by atoms with Crippen LogP contribution in [-0.4, -0.2) is 15.0 Å². The van der Waals surface area contributed by atoms with Crippen molar-refractivity contribution in [3.8, 4) is 5.69 Å². The topological polar surface area (TPSA) is 56.7 Å². The number of hydrogen-bond acceptors (Lipinski definition) is 3. The van der Waals surface area contributed by atoms with Gasteiger partial charge in [-0.25, -0.2) is 4.68 Å². The van der Waals surface area contributed by atoms with Crippen LogP contribution in [0.5, 0.6) is 0 Å². The van der Waals surface area contributed by atoms with Gasteiger partial charge in [0.25, 0.3) is 0 Å². The van der Waals surface area contributed by atoms with Gasteiger partial charge >= 0.3 is 0 Å². The van der Waals surface area contributed by atoms with Crippen LogP contribution in [-0.2, 0) is 6.42 Å². The number of benzene rings is 1. The van der Waals surface area contributed by atoms with E-state index in [1.165, 1.54) is 0 Å². The highest BCUT2D eigenvalue weighted by molar-refractivity contribution is 5.40. The summed E-state index contributed by atoms with van der Waals surface area (Å²) in [7, 11) is 0. The summed E-state index contributed by atoms with van der Waals surface area (Å²) in [4.78, 5) is 0. The molecule has 0 amide bonds. The second-order valence-electron chi connectivity index (χ2n) is 3.02. The predicted molar refractivity (Wildman–Crippen MR) is 55.1 cm³/mol. The summed E-state index contributed by atoms with van der Waals surface area (Å²) in [6, 6.07) is 9.86. The monoisotopic (exact) mass is 188 g/mol. The molecule has 0 radical (unpaired) electrons. The lowest BCUT2D eigenvalue weighted by Crippen LogP contribution is -2.02. The fourth-order valence-electron chi connectivity index (χ4n) is 1.42. The molecule has 0 spiro atoms. The molecule has 2 rings (SSSR count). The van der Waals surface area contributed by atoms with Crippen molar-refractivity contribution < 1.29 is 0 Å².